The maximum atomic E-state index is 12.3. The highest BCUT2D eigenvalue weighted by Gasteiger charge is 2.19. The summed E-state index contributed by atoms with van der Waals surface area (Å²) < 4.78 is 11.4. The molecule has 128 valence electrons. The topological polar surface area (TPSA) is 80.6 Å². The summed E-state index contributed by atoms with van der Waals surface area (Å²) in [5, 5.41) is 0.779. The van der Waals surface area contributed by atoms with Crippen molar-refractivity contribution in [2.24, 2.45) is 0 Å². The van der Waals surface area contributed by atoms with Crippen molar-refractivity contribution in [2.75, 3.05) is 7.11 Å². The molecule has 1 heterocycles. The number of amides is 2. The van der Waals surface area contributed by atoms with Gasteiger partial charge in [-0.05, 0) is 53.2 Å². The largest absolute Gasteiger partial charge is 0.497 e. The van der Waals surface area contributed by atoms with Crippen molar-refractivity contribution in [1.29, 1.82) is 0 Å². The fourth-order valence-electron chi connectivity index (χ4n) is 2.43. The first-order valence-electron chi connectivity index (χ1n) is 7.43. The third-order valence-corrected chi connectivity index (χ3v) is 4.45. The van der Waals surface area contributed by atoms with Crippen LogP contribution < -0.4 is 15.6 Å². The summed E-state index contributed by atoms with van der Waals surface area (Å²) in [5.41, 5.74) is 6.40. The molecule has 25 heavy (non-hydrogen) atoms. The van der Waals surface area contributed by atoms with E-state index in [1.54, 1.807) is 56.5 Å². The lowest BCUT2D eigenvalue weighted by molar-refractivity contribution is 0.0831. The summed E-state index contributed by atoms with van der Waals surface area (Å²) in [4.78, 5) is 24.5. The first kappa shape index (κ1) is 17.0. The fraction of sp³-hybridized carbons (Fsp3) is 0.111. The Labute approximate surface area is 152 Å². The molecule has 3 rings (SSSR count). The van der Waals surface area contributed by atoms with Crippen LogP contribution in [0.3, 0.4) is 0 Å². The van der Waals surface area contributed by atoms with E-state index in [1.165, 1.54) is 0 Å². The number of fused-ring (bicyclic) bond motifs is 1. The van der Waals surface area contributed by atoms with E-state index in [-0.39, 0.29) is 5.76 Å². The molecule has 0 radical (unpaired) electrons. The number of nitrogens with one attached hydrogen (secondary N) is 2. The van der Waals surface area contributed by atoms with Gasteiger partial charge >= 0.3 is 5.91 Å². The minimum Gasteiger partial charge on any atom is -0.497 e. The number of methoxy groups -OCH3 is 1. The van der Waals surface area contributed by atoms with Crippen molar-refractivity contribution in [3.8, 4) is 5.75 Å². The summed E-state index contributed by atoms with van der Waals surface area (Å²) in [5.74, 6) is -0.161. The van der Waals surface area contributed by atoms with Crippen molar-refractivity contribution >= 4 is 38.7 Å². The second kappa shape index (κ2) is 6.98. The third kappa shape index (κ3) is 3.36. The zero-order chi connectivity index (χ0) is 18.0. The Morgan fingerprint density at radius 3 is 2.52 bits per heavy atom. The van der Waals surface area contributed by atoms with Crippen LogP contribution in [0.5, 0.6) is 5.75 Å². The smallest absolute Gasteiger partial charge is 0.305 e. The zero-order valence-corrected chi connectivity index (χ0v) is 15.1. The van der Waals surface area contributed by atoms with Gasteiger partial charge in [-0.3, -0.25) is 20.4 Å². The summed E-state index contributed by atoms with van der Waals surface area (Å²) in [6.07, 6.45) is 0. The van der Waals surface area contributed by atoms with Crippen LogP contribution in [-0.2, 0) is 0 Å². The number of aryl methyl sites for hydroxylation is 1. The van der Waals surface area contributed by atoms with Crippen LogP contribution in [0.15, 0.2) is 51.4 Å². The summed E-state index contributed by atoms with van der Waals surface area (Å²) >= 11 is 3.29. The number of hydrogen-bond acceptors (Lipinski definition) is 4. The highest BCUT2D eigenvalue weighted by atomic mass is 79.9. The molecule has 7 heteroatoms. The van der Waals surface area contributed by atoms with E-state index in [0.29, 0.717) is 26.9 Å². The Morgan fingerprint density at radius 2 is 1.80 bits per heavy atom. The second-order valence-electron chi connectivity index (χ2n) is 5.31. The quantitative estimate of drug-likeness (QED) is 0.655. The Kier molecular flexibility index (Phi) is 4.76. The first-order chi connectivity index (χ1) is 12.0. The van der Waals surface area contributed by atoms with Crippen LogP contribution in [0, 0.1) is 6.92 Å². The van der Waals surface area contributed by atoms with Gasteiger partial charge in [0.2, 0.25) is 0 Å². The SMILES string of the molecule is COc1ccc2oc(C(=O)NNC(=O)c3ccccc3Br)c(C)c2c1. The van der Waals surface area contributed by atoms with Gasteiger partial charge in [-0.1, -0.05) is 12.1 Å². The maximum absolute atomic E-state index is 12.3. The van der Waals surface area contributed by atoms with E-state index in [2.05, 4.69) is 26.8 Å². The monoisotopic (exact) mass is 402 g/mol. The highest BCUT2D eigenvalue weighted by molar-refractivity contribution is 9.10. The summed E-state index contributed by atoms with van der Waals surface area (Å²) in [6, 6.07) is 12.2. The summed E-state index contributed by atoms with van der Waals surface area (Å²) in [6.45, 7) is 1.77. The molecule has 0 aliphatic rings. The number of carbonyl (C=O) groups excluding carboxylic acids is 2. The molecule has 1 aromatic heterocycles. The van der Waals surface area contributed by atoms with E-state index in [1.807, 2.05) is 0 Å². The number of furan rings is 1. The molecule has 3 aromatic rings. The van der Waals surface area contributed by atoms with Gasteiger partial charge in [0.05, 0.1) is 12.7 Å². The van der Waals surface area contributed by atoms with Gasteiger partial charge < -0.3 is 9.15 Å². The predicted molar refractivity (Wildman–Crippen MR) is 96.6 cm³/mol. The molecule has 0 atom stereocenters. The number of hydrogen-bond donors (Lipinski definition) is 2. The highest BCUT2D eigenvalue weighted by Crippen LogP contribution is 2.28. The normalized spacial score (nSPS) is 10.5. The molecule has 0 saturated carbocycles. The molecule has 0 saturated heterocycles. The van der Waals surface area contributed by atoms with Crippen LogP contribution in [0.25, 0.3) is 11.0 Å². The number of benzene rings is 2. The molecule has 2 aromatic carbocycles. The van der Waals surface area contributed by atoms with E-state index in [0.717, 1.165) is 5.39 Å². The van der Waals surface area contributed by atoms with Crippen molar-refractivity contribution in [3.05, 3.63) is 63.8 Å². The van der Waals surface area contributed by atoms with Gasteiger partial charge in [0, 0.05) is 15.4 Å². The molecule has 0 aliphatic heterocycles. The number of carbonyl (C=O) groups is 2. The molecule has 0 spiro atoms. The molecular weight excluding hydrogens is 388 g/mol. The van der Waals surface area contributed by atoms with Crippen molar-refractivity contribution in [1.82, 2.24) is 10.9 Å². The predicted octanol–water partition coefficient (Wildman–Crippen LogP) is 3.59. The zero-order valence-electron chi connectivity index (χ0n) is 13.6. The number of ether oxygens (including phenoxy) is 1. The van der Waals surface area contributed by atoms with E-state index >= 15 is 0 Å². The maximum Gasteiger partial charge on any atom is 0.305 e. The Morgan fingerprint density at radius 1 is 1.08 bits per heavy atom. The molecule has 6 nitrogen and oxygen atoms in total. The molecule has 0 bridgehead atoms. The van der Waals surface area contributed by atoms with Crippen LogP contribution in [0.2, 0.25) is 0 Å². The lowest BCUT2D eigenvalue weighted by atomic mass is 10.1. The number of halogens is 1. The third-order valence-electron chi connectivity index (χ3n) is 3.76. The van der Waals surface area contributed by atoms with Crippen LogP contribution >= 0.6 is 15.9 Å². The average Bonchev–Trinajstić information content (AvgIpc) is 2.96. The van der Waals surface area contributed by atoms with Gasteiger partial charge in [0.15, 0.2) is 5.76 Å². The minimum absolute atomic E-state index is 0.135. The molecule has 0 aliphatic carbocycles. The molecule has 2 N–H and O–H groups in total. The van der Waals surface area contributed by atoms with Gasteiger partial charge in [-0.2, -0.15) is 0 Å². The molecule has 2 amide bonds. The van der Waals surface area contributed by atoms with E-state index in [4.69, 9.17) is 9.15 Å². The molecule has 0 fully saturated rings. The minimum atomic E-state index is -0.534. The fourth-order valence-corrected chi connectivity index (χ4v) is 2.89. The molecular formula is C18H15BrN2O4. The van der Waals surface area contributed by atoms with Crippen LogP contribution in [0.4, 0.5) is 0 Å². The molecule has 0 unspecified atom stereocenters. The van der Waals surface area contributed by atoms with Gasteiger partial charge in [-0.15, -0.1) is 0 Å². The van der Waals surface area contributed by atoms with Gasteiger partial charge in [0.1, 0.15) is 11.3 Å². The van der Waals surface area contributed by atoms with Crippen molar-refractivity contribution in [3.63, 3.8) is 0 Å². The van der Waals surface area contributed by atoms with Crippen LogP contribution in [0.1, 0.15) is 26.5 Å². The van der Waals surface area contributed by atoms with Crippen molar-refractivity contribution < 1.29 is 18.7 Å². The Hall–Kier alpha value is -2.80. The number of hydrazine groups is 1. The van der Waals surface area contributed by atoms with Crippen molar-refractivity contribution in [2.45, 2.75) is 6.92 Å². The standard InChI is InChI=1S/C18H15BrN2O4/c1-10-13-9-11(24-2)7-8-15(13)25-16(10)18(23)21-20-17(22)12-5-3-4-6-14(12)19/h3-9H,1-2H3,(H,20,22)(H,21,23). The average molecular weight is 403 g/mol. The van der Waals surface area contributed by atoms with Gasteiger partial charge in [-0.25, -0.2) is 0 Å². The van der Waals surface area contributed by atoms with E-state index < -0.39 is 11.8 Å². The summed E-state index contributed by atoms with van der Waals surface area (Å²) in [7, 11) is 1.57. The Balaban J connectivity index is 1.77. The van der Waals surface area contributed by atoms with Crippen LogP contribution in [-0.4, -0.2) is 18.9 Å². The number of rotatable bonds is 3. The lowest BCUT2D eigenvalue weighted by Gasteiger charge is -2.07. The lowest BCUT2D eigenvalue weighted by Crippen LogP contribution is -2.41. The second-order valence-corrected chi connectivity index (χ2v) is 6.16. The van der Waals surface area contributed by atoms with Gasteiger partial charge in [0.25, 0.3) is 5.91 Å². The van der Waals surface area contributed by atoms with E-state index in [9.17, 15) is 9.59 Å². The Bertz CT molecular complexity index is 965. The first-order valence-corrected chi connectivity index (χ1v) is 8.23.